The van der Waals surface area contributed by atoms with E-state index in [4.69, 9.17) is 26.8 Å². The van der Waals surface area contributed by atoms with Gasteiger partial charge in [0.1, 0.15) is 22.3 Å². The van der Waals surface area contributed by atoms with E-state index in [2.05, 4.69) is 0 Å². The molecule has 0 atom stereocenters. The molecule has 0 fully saturated rings. The van der Waals surface area contributed by atoms with Crippen LogP contribution in [0.1, 0.15) is 0 Å². The summed E-state index contributed by atoms with van der Waals surface area (Å²) in [7, 11) is 3.01. The molecule has 0 aliphatic carbocycles. The van der Waals surface area contributed by atoms with Crippen LogP contribution in [0.4, 0.5) is 10.1 Å². The van der Waals surface area contributed by atoms with Gasteiger partial charge in [0.15, 0.2) is 0 Å². The van der Waals surface area contributed by atoms with Crippen LogP contribution in [-0.2, 0) is 0 Å². The Labute approximate surface area is 115 Å². The van der Waals surface area contributed by atoms with Gasteiger partial charge in [0.05, 0.1) is 19.9 Å². The molecule has 19 heavy (non-hydrogen) atoms. The van der Waals surface area contributed by atoms with Crippen molar-refractivity contribution in [1.29, 1.82) is 0 Å². The molecule has 0 saturated carbocycles. The van der Waals surface area contributed by atoms with Crippen LogP contribution >= 0.6 is 11.6 Å². The van der Waals surface area contributed by atoms with Crippen LogP contribution in [0.15, 0.2) is 30.3 Å². The van der Waals surface area contributed by atoms with E-state index in [0.29, 0.717) is 27.6 Å². The SMILES string of the molecule is COc1ccc(-c2ccc(N)c(F)c2)c(OC)c1Cl. The second-order valence-electron chi connectivity index (χ2n) is 3.90. The van der Waals surface area contributed by atoms with Crippen molar-refractivity contribution < 1.29 is 13.9 Å². The van der Waals surface area contributed by atoms with Crippen molar-refractivity contribution in [2.45, 2.75) is 0 Å². The summed E-state index contributed by atoms with van der Waals surface area (Å²) < 4.78 is 23.9. The largest absolute Gasteiger partial charge is 0.495 e. The van der Waals surface area contributed by atoms with Gasteiger partial charge >= 0.3 is 0 Å². The van der Waals surface area contributed by atoms with Crippen LogP contribution in [0.2, 0.25) is 5.02 Å². The van der Waals surface area contributed by atoms with E-state index in [1.807, 2.05) is 0 Å². The van der Waals surface area contributed by atoms with E-state index < -0.39 is 5.82 Å². The average Bonchev–Trinajstić information content (AvgIpc) is 2.41. The summed E-state index contributed by atoms with van der Waals surface area (Å²) in [6.07, 6.45) is 0. The molecule has 2 rings (SSSR count). The zero-order valence-electron chi connectivity index (χ0n) is 10.5. The molecular weight excluding hydrogens is 269 g/mol. The molecule has 100 valence electrons. The molecular formula is C14H13ClFNO2. The summed E-state index contributed by atoms with van der Waals surface area (Å²) in [5.41, 5.74) is 6.87. The van der Waals surface area contributed by atoms with Gasteiger partial charge in [-0.1, -0.05) is 17.7 Å². The molecule has 0 aromatic heterocycles. The summed E-state index contributed by atoms with van der Waals surface area (Å²) in [5.74, 6) is 0.454. The van der Waals surface area contributed by atoms with Gasteiger partial charge < -0.3 is 15.2 Å². The molecule has 0 unspecified atom stereocenters. The zero-order valence-corrected chi connectivity index (χ0v) is 11.3. The molecule has 0 bridgehead atoms. The number of benzene rings is 2. The van der Waals surface area contributed by atoms with Crippen LogP contribution in [0.25, 0.3) is 11.1 Å². The van der Waals surface area contributed by atoms with Gasteiger partial charge in [0.2, 0.25) is 0 Å². The van der Waals surface area contributed by atoms with E-state index >= 15 is 0 Å². The zero-order chi connectivity index (χ0) is 14.0. The molecule has 5 heteroatoms. The van der Waals surface area contributed by atoms with Gasteiger partial charge in [-0.3, -0.25) is 0 Å². The fourth-order valence-corrected chi connectivity index (χ4v) is 2.14. The summed E-state index contributed by atoms with van der Waals surface area (Å²) in [4.78, 5) is 0. The smallest absolute Gasteiger partial charge is 0.149 e. The highest BCUT2D eigenvalue weighted by molar-refractivity contribution is 6.34. The second kappa shape index (κ2) is 5.36. The van der Waals surface area contributed by atoms with Crippen molar-refractivity contribution in [2.75, 3.05) is 20.0 Å². The molecule has 0 amide bonds. The third kappa shape index (κ3) is 2.44. The summed E-state index contributed by atoms with van der Waals surface area (Å²) in [5, 5.41) is 0.347. The van der Waals surface area contributed by atoms with Crippen molar-refractivity contribution in [2.24, 2.45) is 0 Å². The predicted molar refractivity (Wildman–Crippen MR) is 74.4 cm³/mol. The lowest BCUT2D eigenvalue weighted by Gasteiger charge is -2.13. The Morgan fingerprint density at radius 1 is 1.11 bits per heavy atom. The number of hydrogen-bond donors (Lipinski definition) is 1. The topological polar surface area (TPSA) is 44.5 Å². The predicted octanol–water partition coefficient (Wildman–Crippen LogP) is 3.75. The number of nitrogens with two attached hydrogens (primary N) is 1. The Morgan fingerprint density at radius 2 is 1.84 bits per heavy atom. The number of methoxy groups -OCH3 is 2. The first-order valence-corrected chi connectivity index (χ1v) is 5.92. The first-order valence-electron chi connectivity index (χ1n) is 5.54. The number of halogens is 2. The number of anilines is 1. The Morgan fingerprint density at radius 3 is 2.42 bits per heavy atom. The van der Waals surface area contributed by atoms with Gasteiger partial charge in [-0.15, -0.1) is 0 Å². The van der Waals surface area contributed by atoms with Crippen molar-refractivity contribution in [3.05, 3.63) is 41.2 Å². The fourth-order valence-electron chi connectivity index (χ4n) is 1.82. The van der Waals surface area contributed by atoms with E-state index in [-0.39, 0.29) is 5.69 Å². The first-order chi connectivity index (χ1) is 9.08. The van der Waals surface area contributed by atoms with Crippen molar-refractivity contribution in [3.63, 3.8) is 0 Å². The van der Waals surface area contributed by atoms with Crippen molar-refractivity contribution in [3.8, 4) is 22.6 Å². The van der Waals surface area contributed by atoms with Crippen LogP contribution in [0.5, 0.6) is 11.5 Å². The Bertz CT molecular complexity index is 617. The van der Waals surface area contributed by atoms with E-state index in [1.54, 1.807) is 18.2 Å². The van der Waals surface area contributed by atoms with Crippen LogP contribution in [0.3, 0.4) is 0 Å². The minimum absolute atomic E-state index is 0.0994. The molecule has 0 spiro atoms. The van der Waals surface area contributed by atoms with E-state index in [1.165, 1.54) is 26.4 Å². The fraction of sp³-hybridized carbons (Fsp3) is 0.143. The highest BCUT2D eigenvalue weighted by atomic mass is 35.5. The third-order valence-corrected chi connectivity index (χ3v) is 3.16. The molecule has 0 aliphatic heterocycles. The maximum Gasteiger partial charge on any atom is 0.149 e. The lowest BCUT2D eigenvalue weighted by molar-refractivity contribution is 0.396. The highest BCUT2D eigenvalue weighted by Gasteiger charge is 2.15. The minimum atomic E-state index is -0.480. The average molecular weight is 282 g/mol. The number of rotatable bonds is 3. The van der Waals surface area contributed by atoms with Crippen LogP contribution < -0.4 is 15.2 Å². The maximum atomic E-state index is 13.5. The molecule has 0 saturated heterocycles. The van der Waals surface area contributed by atoms with E-state index in [0.717, 1.165) is 0 Å². The molecule has 2 aromatic carbocycles. The monoisotopic (exact) mass is 281 g/mol. The normalized spacial score (nSPS) is 10.3. The van der Waals surface area contributed by atoms with Gasteiger partial charge in [-0.2, -0.15) is 0 Å². The quantitative estimate of drug-likeness (QED) is 0.872. The van der Waals surface area contributed by atoms with Crippen LogP contribution in [0, 0.1) is 5.82 Å². The minimum Gasteiger partial charge on any atom is -0.495 e. The maximum absolute atomic E-state index is 13.5. The molecule has 2 aromatic rings. The molecule has 3 nitrogen and oxygen atoms in total. The highest BCUT2D eigenvalue weighted by Crippen LogP contribution is 2.42. The molecule has 0 aliphatic rings. The second-order valence-corrected chi connectivity index (χ2v) is 4.28. The number of nitrogen functional groups attached to an aromatic ring is 1. The third-order valence-electron chi connectivity index (χ3n) is 2.80. The summed E-state index contributed by atoms with van der Waals surface area (Å²) in [6, 6.07) is 8.01. The standard InChI is InChI=1S/C14H13ClFNO2/c1-18-12-6-4-9(14(19-2)13(12)15)8-3-5-11(17)10(16)7-8/h3-7H,17H2,1-2H3. The van der Waals surface area contributed by atoms with Crippen molar-refractivity contribution in [1.82, 2.24) is 0 Å². The molecule has 0 heterocycles. The van der Waals surface area contributed by atoms with E-state index in [9.17, 15) is 4.39 Å². The van der Waals surface area contributed by atoms with Crippen molar-refractivity contribution >= 4 is 17.3 Å². The summed E-state index contributed by atoms with van der Waals surface area (Å²) in [6.45, 7) is 0. The Hall–Kier alpha value is -1.94. The number of ether oxygens (including phenoxy) is 2. The van der Waals surface area contributed by atoms with Crippen LogP contribution in [-0.4, -0.2) is 14.2 Å². The molecule has 2 N–H and O–H groups in total. The Kier molecular flexibility index (Phi) is 3.81. The lowest BCUT2D eigenvalue weighted by Crippen LogP contribution is -1.94. The van der Waals surface area contributed by atoms with Gasteiger partial charge in [-0.25, -0.2) is 4.39 Å². The Balaban J connectivity index is 2.61. The lowest BCUT2D eigenvalue weighted by atomic mass is 10.0. The first kappa shape index (κ1) is 13.5. The summed E-state index contributed by atoms with van der Waals surface area (Å²) >= 11 is 6.17. The van der Waals surface area contributed by atoms with Gasteiger partial charge in [0.25, 0.3) is 0 Å². The molecule has 0 radical (unpaired) electrons. The number of hydrogen-bond acceptors (Lipinski definition) is 3. The van der Waals surface area contributed by atoms with Gasteiger partial charge in [0, 0.05) is 5.56 Å². The van der Waals surface area contributed by atoms with Gasteiger partial charge in [-0.05, 0) is 29.8 Å².